The average molecular weight is 170 g/mol. The summed E-state index contributed by atoms with van der Waals surface area (Å²) in [6, 6.07) is 0. The molecule has 5 heteroatoms. The molecule has 0 aromatic heterocycles. The van der Waals surface area contributed by atoms with E-state index in [2.05, 4.69) is 0 Å². The minimum Gasteiger partial charge on any atom is -0.303 e. The SMILES string of the molecule is O=CC1CC(F)(F)C(F)(F)C1. The Morgan fingerprint density at radius 2 is 1.45 bits per heavy atom. The second-order valence-corrected chi connectivity index (χ2v) is 2.71. The lowest BCUT2D eigenvalue weighted by Gasteiger charge is -2.16. The molecule has 0 amide bonds. The van der Waals surface area contributed by atoms with Gasteiger partial charge < -0.3 is 4.79 Å². The van der Waals surface area contributed by atoms with Crippen LogP contribution in [0.1, 0.15) is 12.8 Å². The molecule has 1 aliphatic rings. The average Bonchev–Trinajstić information content (AvgIpc) is 2.03. The van der Waals surface area contributed by atoms with Crippen LogP contribution >= 0.6 is 0 Å². The van der Waals surface area contributed by atoms with E-state index in [1.807, 2.05) is 0 Å². The molecule has 0 aromatic rings. The van der Waals surface area contributed by atoms with Gasteiger partial charge in [-0.3, -0.25) is 0 Å². The molecule has 0 radical (unpaired) electrons. The first-order chi connectivity index (χ1) is 4.89. The molecule has 1 rings (SSSR count). The highest BCUT2D eigenvalue weighted by Crippen LogP contribution is 2.49. The topological polar surface area (TPSA) is 17.1 Å². The summed E-state index contributed by atoms with van der Waals surface area (Å²) in [6.45, 7) is 0. The van der Waals surface area contributed by atoms with Crippen LogP contribution in [0.5, 0.6) is 0 Å². The molecule has 1 aliphatic carbocycles. The normalized spacial score (nSPS) is 28.7. The number of hydrogen-bond donors (Lipinski definition) is 0. The van der Waals surface area contributed by atoms with E-state index in [9.17, 15) is 22.4 Å². The van der Waals surface area contributed by atoms with Crippen molar-refractivity contribution >= 4 is 6.29 Å². The van der Waals surface area contributed by atoms with Gasteiger partial charge in [0.1, 0.15) is 6.29 Å². The number of carbonyl (C=O) groups is 1. The highest BCUT2D eigenvalue weighted by atomic mass is 19.3. The van der Waals surface area contributed by atoms with Crippen molar-refractivity contribution in [1.82, 2.24) is 0 Å². The molecular formula is C6H6F4O. The number of carbonyl (C=O) groups excluding carboxylic acids is 1. The maximum absolute atomic E-state index is 12.3. The van der Waals surface area contributed by atoms with Crippen molar-refractivity contribution in [1.29, 1.82) is 0 Å². The van der Waals surface area contributed by atoms with Gasteiger partial charge in [-0.1, -0.05) is 0 Å². The van der Waals surface area contributed by atoms with Gasteiger partial charge in [-0.2, -0.15) is 17.6 Å². The number of halogens is 4. The third-order valence-electron chi connectivity index (χ3n) is 1.76. The Bertz CT molecular complexity index is 161. The zero-order valence-electron chi connectivity index (χ0n) is 5.49. The molecule has 0 unspecified atom stereocenters. The van der Waals surface area contributed by atoms with Crippen molar-refractivity contribution in [3.63, 3.8) is 0 Å². The minimum atomic E-state index is -4.00. The van der Waals surface area contributed by atoms with Crippen LogP contribution in [0.3, 0.4) is 0 Å². The smallest absolute Gasteiger partial charge is 0.303 e. The zero-order chi connectivity index (χ0) is 8.70. The van der Waals surface area contributed by atoms with Gasteiger partial charge >= 0.3 is 11.8 Å². The fourth-order valence-electron chi connectivity index (χ4n) is 1.13. The Hall–Kier alpha value is -0.610. The van der Waals surface area contributed by atoms with E-state index in [0.717, 1.165) is 0 Å². The lowest BCUT2D eigenvalue weighted by atomic mass is 10.1. The van der Waals surface area contributed by atoms with Gasteiger partial charge in [-0.25, -0.2) is 0 Å². The van der Waals surface area contributed by atoms with Gasteiger partial charge in [0.25, 0.3) is 0 Å². The minimum absolute atomic E-state index is 0.162. The van der Waals surface area contributed by atoms with Crippen LogP contribution in [0.4, 0.5) is 17.6 Å². The molecule has 1 nitrogen and oxygen atoms in total. The van der Waals surface area contributed by atoms with Gasteiger partial charge in [-0.05, 0) is 0 Å². The standard InChI is InChI=1S/C6H6F4O/c7-5(8)1-4(3-11)2-6(5,9)10/h3-4H,1-2H2. The van der Waals surface area contributed by atoms with Crippen molar-refractivity contribution < 1.29 is 22.4 Å². The van der Waals surface area contributed by atoms with E-state index in [4.69, 9.17) is 0 Å². The summed E-state index contributed by atoms with van der Waals surface area (Å²) in [7, 11) is 0. The van der Waals surface area contributed by atoms with Gasteiger partial charge in [0, 0.05) is 18.8 Å². The van der Waals surface area contributed by atoms with Crippen LogP contribution in [-0.2, 0) is 4.79 Å². The second-order valence-electron chi connectivity index (χ2n) is 2.71. The number of rotatable bonds is 1. The van der Waals surface area contributed by atoms with E-state index < -0.39 is 30.6 Å². The van der Waals surface area contributed by atoms with Crippen molar-refractivity contribution in [2.75, 3.05) is 0 Å². The predicted molar refractivity (Wildman–Crippen MR) is 28.7 cm³/mol. The summed E-state index contributed by atoms with van der Waals surface area (Å²) in [4.78, 5) is 9.92. The fourth-order valence-corrected chi connectivity index (χ4v) is 1.13. The van der Waals surface area contributed by atoms with Gasteiger partial charge in [0.2, 0.25) is 0 Å². The molecule has 11 heavy (non-hydrogen) atoms. The van der Waals surface area contributed by atoms with E-state index in [1.165, 1.54) is 0 Å². The van der Waals surface area contributed by atoms with Gasteiger partial charge in [0.05, 0.1) is 0 Å². The number of aldehydes is 1. The summed E-state index contributed by atoms with van der Waals surface area (Å²) in [5.41, 5.74) is 0. The number of alkyl halides is 4. The Morgan fingerprint density at radius 3 is 1.64 bits per heavy atom. The van der Waals surface area contributed by atoms with E-state index in [-0.39, 0.29) is 6.29 Å². The zero-order valence-corrected chi connectivity index (χ0v) is 5.49. The summed E-state index contributed by atoms with van der Waals surface area (Å²) < 4.78 is 49.0. The van der Waals surface area contributed by atoms with Crippen LogP contribution in [0, 0.1) is 5.92 Å². The molecule has 1 saturated carbocycles. The molecule has 64 valence electrons. The molecule has 0 saturated heterocycles. The molecule has 0 atom stereocenters. The maximum Gasteiger partial charge on any atom is 0.310 e. The van der Waals surface area contributed by atoms with Crippen molar-refractivity contribution in [2.45, 2.75) is 24.7 Å². The summed E-state index contributed by atoms with van der Waals surface area (Å²) >= 11 is 0. The number of hydrogen-bond acceptors (Lipinski definition) is 1. The highest BCUT2D eigenvalue weighted by Gasteiger charge is 2.62. The molecule has 0 spiro atoms. The fraction of sp³-hybridized carbons (Fsp3) is 0.833. The van der Waals surface area contributed by atoms with Crippen LogP contribution in [0.15, 0.2) is 0 Å². The molecule has 0 heterocycles. The Labute approximate surface area is 60.4 Å². The van der Waals surface area contributed by atoms with Crippen LogP contribution < -0.4 is 0 Å². The first kappa shape index (κ1) is 8.49. The molecule has 0 bridgehead atoms. The first-order valence-corrected chi connectivity index (χ1v) is 3.10. The Kier molecular flexibility index (Phi) is 1.69. The van der Waals surface area contributed by atoms with Crippen molar-refractivity contribution in [3.05, 3.63) is 0 Å². The molecule has 0 N–H and O–H groups in total. The first-order valence-electron chi connectivity index (χ1n) is 3.10. The molecule has 1 fully saturated rings. The Balaban J connectivity index is 2.79. The van der Waals surface area contributed by atoms with Crippen molar-refractivity contribution in [2.24, 2.45) is 5.92 Å². The van der Waals surface area contributed by atoms with E-state index in [0.29, 0.717) is 0 Å². The van der Waals surface area contributed by atoms with Gasteiger partial charge in [0.15, 0.2) is 0 Å². The molecule has 0 aromatic carbocycles. The lowest BCUT2D eigenvalue weighted by Crippen LogP contribution is -2.33. The summed E-state index contributed by atoms with van der Waals surface area (Å²) in [6.07, 6.45) is -1.89. The maximum atomic E-state index is 12.3. The third kappa shape index (κ3) is 1.23. The largest absolute Gasteiger partial charge is 0.310 e. The lowest BCUT2D eigenvalue weighted by molar-refractivity contribution is -0.185. The summed E-state index contributed by atoms with van der Waals surface area (Å²) in [5.74, 6) is -9.20. The second kappa shape index (κ2) is 2.19. The van der Waals surface area contributed by atoms with Crippen LogP contribution in [0.2, 0.25) is 0 Å². The Morgan fingerprint density at radius 1 is 1.09 bits per heavy atom. The molecular weight excluding hydrogens is 164 g/mol. The van der Waals surface area contributed by atoms with Crippen LogP contribution in [0.25, 0.3) is 0 Å². The van der Waals surface area contributed by atoms with E-state index in [1.54, 1.807) is 0 Å². The summed E-state index contributed by atoms with van der Waals surface area (Å²) in [5, 5.41) is 0. The van der Waals surface area contributed by atoms with Gasteiger partial charge in [-0.15, -0.1) is 0 Å². The molecule has 0 aliphatic heterocycles. The monoisotopic (exact) mass is 170 g/mol. The predicted octanol–water partition coefficient (Wildman–Crippen LogP) is 1.87. The highest BCUT2D eigenvalue weighted by molar-refractivity contribution is 5.55. The van der Waals surface area contributed by atoms with Crippen LogP contribution in [-0.4, -0.2) is 18.1 Å². The quantitative estimate of drug-likeness (QED) is 0.433. The van der Waals surface area contributed by atoms with Crippen molar-refractivity contribution in [3.8, 4) is 0 Å². The van der Waals surface area contributed by atoms with E-state index >= 15 is 0 Å². The third-order valence-corrected chi connectivity index (χ3v) is 1.76.